The second-order valence-corrected chi connectivity index (χ2v) is 3.99. The lowest BCUT2D eigenvalue weighted by molar-refractivity contribution is -0.138. The zero-order valence-corrected chi connectivity index (χ0v) is 9.19. The molecule has 1 aliphatic carbocycles. The summed E-state index contributed by atoms with van der Waals surface area (Å²) in [5.74, 6) is -0.387. The Bertz CT molecular complexity index is 251. The number of carbonyl (C=O) groups excluding carboxylic acids is 1. The number of nitrogens with zero attached hydrogens (tertiary/aromatic N) is 1. The van der Waals surface area contributed by atoms with Crippen molar-refractivity contribution in [1.82, 2.24) is 10.2 Å². The van der Waals surface area contributed by atoms with E-state index in [2.05, 4.69) is 5.32 Å². The molecule has 0 spiro atoms. The van der Waals surface area contributed by atoms with E-state index >= 15 is 0 Å². The van der Waals surface area contributed by atoms with Gasteiger partial charge in [0.15, 0.2) is 0 Å². The molecule has 1 atom stereocenters. The maximum atomic E-state index is 11.6. The van der Waals surface area contributed by atoms with Crippen molar-refractivity contribution < 1.29 is 14.7 Å². The van der Waals surface area contributed by atoms with Gasteiger partial charge in [-0.1, -0.05) is 0 Å². The average molecular weight is 214 g/mol. The fraction of sp³-hybridized carbons (Fsp3) is 0.800. The molecule has 5 nitrogen and oxygen atoms in total. The monoisotopic (exact) mass is 214 g/mol. The molecule has 1 aliphatic rings. The summed E-state index contributed by atoms with van der Waals surface area (Å²) in [6.07, 6.45) is 2.36. The van der Waals surface area contributed by atoms with Crippen LogP contribution in [0.3, 0.4) is 0 Å². The van der Waals surface area contributed by atoms with Crippen molar-refractivity contribution in [3.63, 3.8) is 0 Å². The lowest BCUT2D eigenvalue weighted by Crippen LogP contribution is -2.47. The summed E-state index contributed by atoms with van der Waals surface area (Å²) in [6, 6.07) is -1.11. The lowest BCUT2D eigenvalue weighted by atomic mass is 10.3. The van der Waals surface area contributed by atoms with Gasteiger partial charge in [0.25, 0.3) is 0 Å². The number of aliphatic carboxylic acids is 1. The van der Waals surface area contributed by atoms with Crippen LogP contribution in [0.1, 0.15) is 26.7 Å². The molecule has 0 radical (unpaired) electrons. The minimum absolute atomic E-state index is 0.278. The Balaban J connectivity index is 2.37. The molecule has 1 rings (SSSR count). The highest BCUT2D eigenvalue weighted by atomic mass is 16.4. The Kier molecular flexibility index (Phi) is 3.94. The van der Waals surface area contributed by atoms with Crippen LogP contribution in [0.5, 0.6) is 0 Å². The SMILES string of the molecule is CCN(CC1CC1)C(=O)NC(C)C(=O)O. The highest BCUT2D eigenvalue weighted by Crippen LogP contribution is 2.29. The van der Waals surface area contributed by atoms with Gasteiger partial charge < -0.3 is 15.3 Å². The highest BCUT2D eigenvalue weighted by molar-refractivity contribution is 5.82. The number of carboxylic acids is 1. The van der Waals surface area contributed by atoms with E-state index in [0.717, 1.165) is 6.54 Å². The van der Waals surface area contributed by atoms with Gasteiger partial charge in [0, 0.05) is 13.1 Å². The van der Waals surface area contributed by atoms with E-state index < -0.39 is 12.0 Å². The fourth-order valence-corrected chi connectivity index (χ4v) is 1.31. The van der Waals surface area contributed by atoms with E-state index in [-0.39, 0.29) is 6.03 Å². The maximum Gasteiger partial charge on any atom is 0.325 e. The molecule has 0 aromatic carbocycles. The Morgan fingerprint density at radius 3 is 2.53 bits per heavy atom. The molecular formula is C10H18N2O3. The summed E-state index contributed by atoms with van der Waals surface area (Å²) < 4.78 is 0. The number of hydrogen-bond donors (Lipinski definition) is 2. The molecule has 86 valence electrons. The molecule has 0 saturated heterocycles. The molecule has 15 heavy (non-hydrogen) atoms. The van der Waals surface area contributed by atoms with Crippen molar-refractivity contribution >= 4 is 12.0 Å². The normalized spacial score (nSPS) is 16.9. The first-order valence-electron chi connectivity index (χ1n) is 5.32. The second kappa shape index (κ2) is 5.00. The van der Waals surface area contributed by atoms with Gasteiger partial charge in [-0.3, -0.25) is 4.79 Å². The van der Waals surface area contributed by atoms with Crippen molar-refractivity contribution in [2.45, 2.75) is 32.7 Å². The van der Waals surface area contributed by atoms with Crippen LogP contribution in [0.25, 0.3) is 0 Å². The molecule has 1 saturated carbocycles. The van der Waals surface area contributed by atoms with Crippen molar-refractivity contribution in [2.24, 2.45) is 5.92 Å². The zero-order chi connectivity index (χ0) is 11.4. The third-order valence-electron chi connectivity index (χ3n) is 2.55. The number of nitrogens with one attached hydrogen (secondary N) is 1. The van der Waals surface area contributed by atoms with E-state index in [9.17, 15) is 9.59 Å². The van der Waals surface area contributed by atoms with Gasteiger partial charge in [0.2, 0.25) is 0 Å². The topological polar surface area (TPSA) is 69.6 Å². The number of carboxylic acid groups (broad SMARTS) is 1. The second-order valence-electron chi connectivity index (χ2n) is 3.99. The molecule has 2 N–H and O–H groups in total. The largest absolute Gasteiger partial charge is 0.480 e. The van der Waals surface area contributed by atoms with E-state index in [1.807, 2.05) is 6.92 Å². The number of hydrogen-bond acceptors (Lipinski definition) is 2. The highest BCUT2D eigenvalue weighted by Gasteiger charge is 2.27. The summed E-state index contributed by atoms with van der Waals surface area (Å²) in [5.41, 5.74) is 0. The molecule has 0 aromatic heterocycles. The van der Waals surface area contributed by atoms with E-state index in [4.69, 9.17) is 5.11 Å². The van der Waals surface area contributed by atoms with Gasteiger partial charge in [-0.2, -0.15) is 0 Å². The van der Waals surface area contributed by atoms with Crippen LogP contribution < -0.4 is 5.32 Å². The summed E-state index contributed by atoms with van der Waals surface area (Å²) in [4.78, 5) is 23.8. The summed E-state index contributed by atoms with van der Waals surface area (Å²) in [7, 11) is 0. The van der Waals surface area contributed by atoms with Gasteiger partial charge >= 0.3 is 12.0 Å². The predicted molar refractivity (Wildman–Crippen MR) is 55.6 cm³/mol. The molecule has 0 heterocycles. The lowest BCUT2D eigenvalue weighted by Gasteiger charge is -2.22. The average Bonchev–Trinajstić information content (AvgIpc) is 2.97. The van der Waals surface area contributed by atoms with Crippen LogP contribution >= 0.6 is 0 Å². The Labute approximate surface area is 89.4 Å². The van der Waals surface area contributed by atoms with Gasteiger partial charge in [-0.15, -0.1) is 0 Å². The summed E-state index contributed by atoms with van der Waals surface area (Å²) in [5, 5.41) is 11.1. The number of amides is 2. The minimum atomic E-state index is -1.01. The van der Waals surface area contributed by atoms with Gasteiger partial charge in [-0.25, -0.2) is 4.79 Å². The van der Waals surface area contributed by atoms with Gasteiger partial charge in [0.1, 0.15) is 6.04 Å². The first-order valence-corrected chi connectivity index (χ1v) is 5.32. The quantitative estimate of drug-likeness (QED) is 0.714. The first kappa shape index (κ1) is 11.8. The van der Waals surface area contributed by atoms with E-state index in [1.165, 1.54) is 19.8 Å². The van der Waals surface area contributed by atoms with Gasteiger partial charge in [-0.05, 0) is 32.6 Å². The summed E-state index contributed by atoms with van der Waals surface area (Å²) in [6.45, 7) is 4.72. The minimum Gasteiger partial charge on any atom is -0.480 e. The number of urea groups is 1. The van der Waals surface area contributed by atoms with Crippen molar-refractivity contribution in [2.75, 3.05) is 13.1 Å². The maximum absolute atomic E-state index is 11.6. The van der Waals surface area contributed by atoms with E-state index in [0.29, 0.717) is 12.5 Å². The molecule has 0 bridgehead atoms. The zero-order valence-electron chi connectivity index (χ0n) is 9.19. The first-order chi connectivity index (χ1) is 7.04. The molecule has 0 aromatic rings. The third-order valence-corrected chi connectivity index (χ3v) is 2.55. The Hall–Kier alpha value is -1.26. The molecule has 2 amide bonds. The molecule has 1 unspecified atom stereocenters. The van der Waals surface area contributed by atoms with Crippen LogP contribution in [0, 0.1) is 5.92 Å². The predicted octanol–water partition coefficient (Wildman–Crippen LogP) is 0.901. The third kappa shape index (κ3) is 3.77. The standard InChI is InChI=1S/C10H18N2O3/c1-3-12(6-8-4-5-8)10(15)11-7(2)9(13)14/h7-8H,3-6H2,1-2H3,(H,11,15)(H,13,14). The fourth-order valence-electron chi connectivity index (χ4n) is 1.31. The van der Waals surface area contributed by atoms with Crippen LogP contribution in [0.4, 0.5) is 4.79 Å². The smallest absolute Gasteiger partial charge is 0.325 e. The number of rotatable bonds is 5. The molecule has 0 aliphatic heterocycles. The van der Waals surface area contributed by atoms with Gasteiger partial charge in [0.05, 0.1) is 0 Å². The Morgan fingerprint density at radius 2 is 2.13 bits per heavy atom. The molecule has 5 heteroatoms. The Morgan fingerprint density at radius 1 is 1.53 bits per heavy atom. The summed E-state index contributed by atoms with van der Waals surface area (Å²) >= 11 is 0. The van der Waals surface area contributed by atoms with Crippen LogP contribution in [0.15, 0.2) is 0 Å². The van der Waals surface area contributed by atoms with Crippen molar-refractivity contribution in [3.05, 3.63) is 0 Å². The van der Waals surface area contributed by atoms with Crippen LogP contribution in [-0.4, -0.2) is 41.1 Å². The van der Waals surface area contributed by atoms with Crippen molar-refractivity contribution in [1.29, 1.82) is 0 Å². The van der Waals surface area contributed by atoms with E-state index in [1.54, 1.807) is 4.90 Å². The molecular weight excluding hydrogens is 196 g/mol. The van der Waals surface area contributed by atoms with Crippen LogP contribution in [0.2, 0.25) is 0 Å². The van der Waals surface area contributed by atoms with Crippen LogP contribution in [-0.2, 0) is 4.79 Å². The molecule has 1 fully saturated rings. The van der Waals surface area contributed by atoms with Crippen molar-refractivity contribution in [3.8, 4) is 0 Å². The number of carbonyl (C=O) groups is 2.